The summed E-state index contributed by atoms with van der Waals surface area (Å²) >= 11 is 0. The smallest absolute Gasteiger partial charge is 0.323 e. The predicted molar refractivity (Wildman–Crippen MR) is 135 cm³/mol. The van der Waals surface area contributed by atoms with Gasteiger partial charge in [-0.15, -0.1) is 0 Å². The van der Waals surface area contributed by atoms with Gasteiger partial charge >= 0.3 is 6.03 Å². The number of ether oxygens (including phenoxy) is 2. The zero-order chi connectivity index (χ0) is 25.5. The van der Waals surface area contributed by atoms with Crippen LogP contribution in [0.5, 0.6) is 11.5 Å². The number of carbonyl (C=O) groups is 3. The van der Waals surface area contributed by atoms with Gasteiger partial charge in [-0.1, -0.05) is 24.3 Å². The van der Waals surface area contributed by atoms with Crippen LogP contribution in [0.25, 0.3) is 0 Å². The van der Waals surface area contributed by atoms with E-state index in [2.05, 4.69) is 10.6 Å². The largest absolute Gasteiger partial charge is 0.493 e. The second-order valence-corrected chi connectivity index (χ2v) is 7.87. The van der Waals surface area contributed by atoms with Crippen LogP contribution in [0.15, 0.2) is 60.7 Å². The van der Waals surface area contributed by atoms with E-state index in [1.165, 1.54) is 21.1 Å². The lowest BCUT2D eigenvalue weighted by Gasteiger charge is -2.20. The fourth-order valence-electron chi connectivity index (χ4n) is 3.71. The molecule has 1 atom stereocenters. The lowest BCUT2D eigenvalue weighted by molar-refractivity contribution is -0.119. The first-order valence-corrected chi connectivity index (χ1v) is 10.8. The molecule has 6 N–H and O–H groups in total. The average Bonchev–Trinajstić information content (AvgIpc) is 2.83. The number of primary amides is 1. The number of carbonyl (C=O) groups excluding carboxylic acids is 3. The topological polar surface area (TPSA) is 146 Å². The quantitative estimate of drug-likeness (QED) is 0.272. The molecule has 0 saturated heterocycles. The van der Waals surface area contributed by atoms with E-state index >= 15 is 0 Å². The Hall–Kier alpha value is -4.53. The summed E-state index contributed by atoms with van der Waals surface area (Å²) < 4.78 is 10.6. The third kappa shape index (κ3) is 6.08. The number of nitrogen functional groups attached to an aromatic ring is 1. The Morgan fingerprint density at radius 1 is 0.914 bits per heavy atom. The summed E-state index contributed by atoms with van der Waals surface area (Å²) in [7, 11) is 2.94. The molecule has 9 nitrogen and oxygen atoms in total. The maximum Gasteiger partial charge on any atom is 0.323 e. The summed E-state index contributed by atoms with van der Waals surface area (Å²) in [6.45, 7) is 1.41. The van der Waals surface area contributed by atoms with E-state index in [0.29, 0.717) is 39.7 Å². The number of amides is 3. The van der Waals surface area contributed by atoms with Crippen molar-refractivity contribution in [3.8, 4) is 11.5 Å². The van der Waals surface area contributed by atoms with Gasteiger partial charge in [-0.2, -0.15) is 0 Å². The highest BCUT2D eigenvalue weighted by atomic mass is 16.5. The van der Waals surface area contributed by atoms with Crippen molar-refractivity contribution in [2.45, 2.75) is 19.3 Å². The summed E-state index contributed by atoms with van der Waals surface area (Å²) in [5.74, 6) is -0.811. The number of Topliss-reactive ketones (excluding diaryl/α,β-unsaturated/α-hetero) is 1. The van der Waals surface area contributed by atoms with E-state index in [-0.39, 0.29) is 12.2 Å². The highest BCUT2D eigenvalue weighted by molar-refractivity contribution is 6.01. The first-order chi connectivity index (χ1) is 16.7. The third-order valence-electron chi connectivity index (χ3n) is 5.51. The van der Waals surface area contributed by atoms with Crippen LogP contribution in [0, 0.1) is 0 Å². The molecular weight excluding hydrogens is 448 g/mol. The molecule has 0 aliphatic heterocycles. The van der Waals surface area contributed by atoms with Gasteiger partial charge in [0.2, 0.25) is 5.91 Å². The van der Waals surface area contributed by atoms with Gasteiger partial charge in [0, 0.05) is 11.3 Å². The first kappa shape index (κ1) is 25.1. The van der Waals surface area contributed by atoms with Crippen LogP contribution in [0.2, 0.25) is 0 Å². The highest BCUT2D eigenvalue weighted by Gasteiger charge is 2.25. The number of rotatable bonds is 9. The Labute approximate surface area is 203 Å². The van der Waals surface area contributed by atoms with E-state index < -0.39 is 17.9 Å². The van der Waals surface area contributed by atoms with Crippen molar-refractivity contribution in [1.29, 1.82) is 0 Å². The molecule has 0 aromatic heterocycles. The zero-order valence-corrected chi connectivity index (χ0v) is 19.8. The number of ketones is 1. The monoisotopic (exact) mass is 476 g/mol. The summed E-state index contributed by atoms with van der Waals surface area (Å²) in [4.78, 5) is 37.0. The van der Waals surface area contributed by atoms with Crippen molar-refractivity contribution in [1.82, 2.24) is 0 Å². The molecule has 3 aromatic rings. The van der Waals surface area contributed by atoms with Crippen LogP contribution < -0.4 is 31.6 Å². The molecule has 0 radical (unpaired) electrons. The van der Waals surface area contributed by atoms with Crippen LogP contribution in [0.4, 0.5) is 21.9 Å². The van der Waals surface area contributed by atoms with Gasteiger partial charge in [-0.3, -0.25) is 9.59 Å². The highest BCUT2D eigenvalue weighted by Crippen LogP contribution is 2.35. The molecule has 0 saturated carbocycles. The van der Waals surface area contributed by atoms with Crippen molar-refractivity contribution in [2.24, 2.45) is 5.73 Å². The van der Waals surface area contributed by atoms with Crippen molar-refractivity contribution >= 4 is 34.8 Å². The molecule has 182 valence electrons. The van der Waals surface area contributed by atoms with Crippen LogP contribution >= 0.6 is 0 Å². The van der Waals surface area contributed by atoms with Crippen LogP contribution in [0.3, 0.4) is 0 Å². The number of benzene rings is 3. The SMILES string of the molecule is COc1cc(C(C)=O)c(C(Cc2ccc(NC(=O)Nc3ccccc3N)cc2)C(N)=O)cc1OC. The summed E-state index contributed by atoms with van der Waals surface area (Å²) in [5.41, 5.74) is 14.7. The molecule has 3 amide bonds. The summed E-state index contributed by atoms with van der Waals surface area (Å²) in [6.07, 6.45) is 0.248. The van der Waals surface area contributed by atoms with Gasteiger partial charge in [-0.25, -0.2) is 4.79 Å². The number of hydrogen-bond acceptors (Lipinski definition) is 6. The molecule has 35 heavy (non-hydrogen) atoms. The molecule has 0 spiro atoms. The minimum absolute atomic E-state index is 0.225. The van der Waals surface area contributed by atoms with Crippen LogP contribution in [-0.4, -0.2) is 31.9 Å². The van der Waals surface area contributed by atoms with E-state index in [9.17, 15) is 14.4 Å². The number of urea groups is 1. The molecule has 0 fully saturated rings. The number of methoxy groups -OCH3 is 2. The molecule has 9 heteroatoms. The van der Waals surface area contributed by atoms with E-state index in [1.54, 1.807) is 60.7 Å². The lowest BCUT2D eigenvalue weighted by atomic mass is 9.86. The molecule has 0 heterocycles. The second kappa shape index (κ2) is 11.1. The summed E-state index contributed by atoms with van der Waals surface area (Å²) in [5, 5.41) is 5.42. The third-order valence-corrected chi connectivity index (χ3v) is 5.51. The molecule has 3 rings (SSSR count). The van der Waals surface area contributed by atoms with Crippen molar-refractivity contribution in [2.75, 3.05) is 30.6 Å². The Kier molecular flexibility index (Phi) is 7.93. The molecule has 1 unspecified atom stereocenters. The van der Waals surface area contributed by atoms with E-state index in [4.69, 9.17) is 20.9 Å². The van der Waals surface area contributed by atoms with Crippen LogP contribution in [0.1, 0.15) is 34.3 Å². The lowest BCUT2D eigenvalue weighted by Crippen LogP contribution is -2.25. The fourth-order valence-corrected chi connectivity index (χ4v) is 3.71. The van der Waals surface area contributed by atoms with Gasteiger partial charge in [-0.05, 0) is 60.9 Å². The Bertz CT molecular complexity index is 1240. The Morgan fingerprint density at radius 3 is 2.11 bits per heavy atom. The maximum atomic E-state index is 12.4. The minimum atomic E-state index is -0.781. The number of nitrogens with one attached hydrogen (secondary N) is 2. The first-order valence-electron chi connectivity index (χ1n) is 10.8. The number of hydrogen-bond donors (Lipinski definition) is 4. The maximum absolute atomic E-state index is 12.4. The molecular formula is C26H28N4O5. The molecule has 0 aliphatic carbocycles. The number of para-hydroxylation sites is 2. The standard InChI is InChI=1S/C26H28N4O5/c1-15(31)18-13-23(34-2)24(35-3)14-19(18)20(25(28)32)12-16-8-10-17(11-9-16)29-26(33)30-22-7-5-4-6-21(22)27/h4-11,13-14,20H,12,27H2,1-3H3,(H2,28,32)(H2,29,30,33). The average molecular weight is 477 g/mol. The normalized spacial score (nSPS) is 11.3. The van der Waals surface area contributed by atoms with Gasteiger partial charge in [0.1, 0.15) is 0 Å². The van der Waals surface area contributed by atoms with Gasteiger partial charge < -0.3 is 31.6 Å². The van der Waals surface area contributed by atoms with Gasteiger partial charge in [0.05, 0.1) is 31.5 Å². The Morgan fingerprint density at radius 2 is 1.54 bits per heavy atom. The molecule has 0 aliphatic rings. The molecule has 0 bridgehead atoms. The fraction of sp³-hybridized carbons (Fsp3) is 0.192. The van der Waals surface area contributed by atoms with E-state index in [0.717, 1.165) is 5.56 Å². The van der Waals surface area contributed by atoms with Crippen LogP contribution in [-0.2, 0) is 11.2 Å². The van der Waals surface area contributed by atoms with Crippen molar-refractivity contribution in [3.05, 3.63) is 77.4 Å². The van der Waals surface area contributed by atoms with E-state index in [1.807, 2.05) is 0 Å². The zero-order valence-electron chi connectivity index (χ0n) is 19.8. The minimum Gasteiger partial charge on any atom is -0.493 e. The van der Waals surface area contributed by atoms with Gasteiger partial charge in [0.15, 0.2) is 17.3 Å². The Balaban J connectivity index is 1.79. The van der Waals surface area contributed by atoms with Gasteiger partial charge in [0.25, 0.3) is 0 Å². The summed E-state index contributed by atoms with van der Waals surface area (Å²) in [6, 6.07) is 16.6. The molecule has 3 aromatic carbocycles. The number of anilines is 3. The van der Waals surface area contributed by atoms with Crippen molar-refractivity contribution in [3.63, 3.8) is 0 Å². The predicted octanol–water partition coefficient (Wildman–Crippen LogP) is 3.94. The second-order valence-electron chi connectivity index (χ2n) is 7.87. The number of nitrogens with two attached hydrogens (primary N) is 2. The van der Waals surface area contributed by atoms with Crippen molar-refractivity contribution < 1.29 is 23.9 Å².